The summed E-state index contributed by atoms with van der Waals surface area (Å²) in [7, 11) is 0. The van der Waals surface area contributed by atoms with Crippen LogP contribution in [-0.2, 0) is 0 Å². The summed E-state index contributed by atoms with van der Waals surface area (Å²) in [6, 6.07) is 3.89. The number of rotatable bonds is 2. The quantitative estimate of drug-likeness (QED) is 0.873. The molecule has 4 bridgehead atoms. The SMILES string of the molecule is CC12C[C@@H]3C[C@@H](C1)CC(NC(=O)c1cccs1)(C3)C2. The van der Waals surface area contributed by atoms with E-state index in [1.807, 2.05) is 17.5 Å². The first kappa shape index (κ1) is 12.0. The summed E-state index contributed by atoms with van der Waals surface area (Å²) in [5.41, 5.74) is 0.604. The maximum Gasteiger partial charge on any atom is 0.261 e. The third kappa shape index (κ3) is 1.94. The van der Waals surface area contributed by atoms with Gasteiger partial charge >= 0.3 is 0 Å². The van der Waals surface area contributed by atoms with E-state index in [0.717, 1.165) is 16.7 Å². The lowest BCUT2D eigenvalue weighted by atomic mass is 9.47. The Labute approximate surface area is 118 Å². The van der Waals surface area contributed by atoms with E-state index in [1.54, 1.807) is 11.3 Å². The van der Waals surface area contributed by atoms with Crippen LogP contribution in [0.3, 0.4) is 0 Å². The molecule has 0 saturated heterocycles. The molecule has 2 nitrogen and oxygen atoms in total. The van der Waals surface area contributed by atoms with Crippen LogP contribution < -0.4 is 5.32 Å². The lowest BCUT2D eigenvalue weighted by Gasteiger charge is -2.61. The van der Waals surface area contributed by atoms with Crippen LogP contribution in [0.1, 0.15) is 55.1 Å². The Hall–Kier alpha value is -0.830. The monoisotopic (exact) mass is 275 g/mol. The summed E-state index contributed by atoms with van der Waals surface area (Å²) in [5.74, 6) is 1.87. The Morgan fingerprint density at radius 2 is 2.05 bits per heavy atom. The molecule has 1 aromatic rings. The van der Waals surface area contributed by atoms with Crippen molar-refractivity contribution in [3.63, 3.8) is 0 Å². The van der Waals surface area contributed by atoms with E-state index >= 15 is 0 Å². The van der Waals surface area contributed by atoms with Crippen LogP contribution in [0.5, 0.6) is 0 Å². The van der Waals surface area contributed by atoms with Crippen molar-refractivity contribution in [2.24, 2.45) is 17.3 Å². The third-order valence-electron chi connectivity index (χ3n) is 5.48. The summed E-state index contributed by atoms with van der Waals surface area (Å²) in [6.07, 6.45) is 7.82. The van der Waals surface area contributed by atoms with Gasteiger partial charge in [-0.3, -0.25) is 4.79 Å². The van der Waals surface area contributed by atoms with E-state index in [2.05, 4.69) is 12.2 Å². The average molecular weight is 275 g/mol. The zero-order chi connectivity index (χ0) is 13.1. The van der Waals surface area contributed by atoms with Gasteiger partial charge < -0.3 is 5.32 Å². The summed E-state index contributed by atoms with van der Waals surface area (Å²) >= 11 is 1.55. The highest BCUT2D eigenvalue weighted by molar-refractivity contribution is 7.12. The fourth-order valence-corrected chi connectivity index (χ4v) is 6.20. The van der Waals surface area contributed by atoms with E-state index in [1.165, 1.54) is 38.5 Å². The molecule has 1 N–H and O–H groups in total. The second kappa shape index (κ2) is 3.85. The highest BCUT2D eigenvalue weighted by Crippen LogP contribution is 2.61. The van der Waals surface area contributed by atoms with Crippen LogP contribution in [0, 0.1) is 17.3 Å². The highest BCUT2D eigenvalue weighted by Gasteiger charge is 2.56. The lowest BCUT2D eigenvalue weighted by Crippen LogP contribution is -2.62. The maximum absolute atomic E-state index is 12.4. The molecule has 3 heteroatoms. The molecule has 0 aliphatic heterocycles. The van der Waals surface area contributed by atoms with Gasteiger partial charge in [-0.05, 0) is 67.2 Å². The number of nitrogens with one attached hydrogen (secondary N) is 1. The second-order valence-corrected chi connectivity index (χ2v) is 8.43. The fraction of sp³-hybridized carbons (Fsp3) is 0.688. The third-order valence-corrected chi connectivity index (χ3v) is 6.35. The normalized spacial score (nSPS) is 43.4. The molecule has 4 saturated carbocycles. The van der Waals surface area contributed by atoms with Crippen molar-refractivity contribution in [1.82, 2.24) is 5.32 Å². The van der Waals surface area contributed by atoms with Crippen molar-refractivity contribution >= 4 is 17.2 Å². The van der Waals surface area contributed by atoms with Gasteiger partial charge in [0.15, 0.2) is 0 Å². The molecular weight excluding hydrogens is 254 g/mol. The molecule has 0 radical (unpaired) electrons. The van der Waals surface area contributed by atoms with Gasteiger partial charge in [0.2, 0.25) is 0 Å². The first-order chi connectivity index (χ1) is 9.06. The van der Waals surface area contributed by atoms with E-state index < -0.39 is 0 Å². The number of thiophene rings is 1. The molecule has 1 heterocycles. The van der Waals surface area contributed by atoms with Gasteiger partial charge in [0.1, 0.15) is 0 Å². The van der Waals surface area contributed by atoms with Crippen molar-refractivity contribution in [3.05, 3.63) is 22.4 Å². The molecule has 102 valence electrons. The van der Waals surface area contributed by atoms with Crippen LogP contribution in [-0.4, -0.2) is 11.4 Å². The van der Waals surface area contributed by atoms with Crippen molar-refractivity contribution in [2.45, 2.75) is 51.0 Å². The fourth-order valence-electron chi connectivity index (χ4n) is 5.58. The molecule has 4 fully saturated rings. The van der Waals surface area contributed by atoms with Gasteiger partial charge in [0.05, 0.1) is 4.88 Å². The van der Waals surface area contributed by atoms with Gasteiger partial charge in [0.25, 0.3) is 5.91 Å². The zero-order valence-electron chi connectivity index (χ0n) is 11.4. The molecule has 2 atom stereocenters. The predicted molar refractivity (Wildman–Crippen MR) is 77.3 cm³/mol. The summed E-state index contributed by atoms with van der Waals surface area (Å²) < 4.78 is 0. The molecule has 4 aliphatic rings. The Bertz CT molecular complexity index is 493. The molecule has 19 heavy (non-hydrogen) atoms. The summed E-state index contributed by atoms with van der Waals surface area (Å²) in [5, 5.41) is 5.41. The van der Waals surface area contributed by atoms with Gasteiger partial charge in [0, 0.05) is 5.54 Å². The summed E-state index contributed by atoms with van der Waals surface area (Å²) in [6.45, 7) is 2.44. The van der Waals surface area contributed by atoms with Gasteiger partial charge in [-0.2, -0.15) is 0 Å². The molecular formula is C16H21NOS. The van der Waals surface area contributed by atoms with Crippen molar-refractivity contribution in [1.29, 1.82) is 0 Å². The minimum atomic E-state index is 0.111. The van der Waals surface area contributed by atoms with Crippen LogP contribution >= 0.6 is 11.3 Å². The van der Waals surface area contributed by atoms with E-state index in [-0.39, 0.29) is 11.4 Å². The molecule has 5 rings (SSSR count). The first-order valence-corrected chi connectivity index (χ1v) is 8.30. The largest absolute Gasteiger partial charge is 0.346 e. The maximum atomic E-state index is 12.4. The number of hydrogen-bond acceptors (Lipinski definition) is 2. The topological polar surface area (TPSA) is 29.1 Å². The number of hydrogen-bond donors (Lipinski definition) is 1. The number of amides is 1. The summed E-state index contributed by atoms with van der Waals surface area (Å²) in [4.78, 5) is 13.3. The van der Waals surface area contributed by atoms with E-state index in [4.69, 9.17) is 0 Å². The minimum Gasteiger partial charge on any atom is -0.346 e. The molecule has 1 aromatic heterocycles. The van der Waals surface area contributed by atoms with Crippen LogP contribution in [0.25, 0.3) is 0 Å². The van der Waals surface area contributed by atoms with Gasteiger partial charge in [-0.1, -0.05) is 13.0 Å². The number of carbonyl (C=O) groups excluding carboxylic acids is 1. The lowest BCUT2D eigenvalue weighted by molar-refractivity contribution is -0.0680. The van der Waals surface area contributed by atoms with Crippen molar-refractivity contribution in [3.8, 4) is 0 Å². The van der Waals surface area contributed by atoms with E-state index in [9.17, 15) is 4.79 Å². The molecule has 4 aliphatic carbocycles. The Morgan fingerprint density at radius 1 is 1.32 bits per heavy atom. The predicted octanol–water partition coefficient (Wildman–Crippen LogP) is 3.84. The van der Waals surface area contributed by atoms with Crippen LogP contribution in [0.2, 0.25) is 0 Å². The standard InChI is InChI=1S/C16H21NOS/c1-15-6-11-5-12(7-15)9-16(8-11,10-15)17-14(18)13-3-2-4-19-13/h2-4,11-12H,5-10H2,1H3,(H,17,18)/t11-,12-,15?,16?/m0/s1. The molecule has 0 unspecified atom stereocenters. The van der Waals surface area contributed by atoms with Crippen molar-refractivity contribution < 1.29 is 4.79 Å². The molecule has 0 aromatic carbocycles. The van der Waals surface area contributed by atoms with Crippen molar-refractivity contribution in [2.75, 3.05) is 0 Å². The Balaban J connectivity index is 1.59. The average Bonchev–Trinajstić information content (AvgIpc) is 2.77. The van der Waals surface area contributed by atoms with Crippen LogP contribution in [0.15, 0.2) is 17.5 Å². The smallest absolute Gasteiger partial charge is 0.261 e. The van der Waals surface area contributed by atoms with Gasteiger partial charge in [-0.25, -0.2) is 0 Å². The van der Waals surface area contributed by atoms with E-state index in [0.29, 0.717) is 5.41 Å². The molecule has 1 amide bonds. The Kier molecular flexibility index (Phi) is 2.42. The first-order valence-electron chi connectivity index (χ1n) is 7.42. The molecule has 0 spiro atoms. The van der Waals surface area contributed by atoms with Gasteiger partial charge in [-0.15, -0.1) is 11.3 Å². The Morgan fingerprint density at radius 3 is 2.63 bits per heavy atom. The second-order valence-electron chi connectivity index (χ2n) is 7.48. The zero-order valence-corrected chi connectivity index (χ0v) is 12.3. The minimum absolute atomic E-state index is 0.111. The highest BCUT2D eigenvalue weighted by atomic mass is 32.1. The number of carbonyl (C=O) groups is 1. The van der Waals surface area contributed by atoms with Crippen LogP contribution in [0.4, 0.5) is 0 Å².